The van der Waals surface area contributed by atoms with Gasteiger partial charge >= 0.3 is 0 Å². The lowest BCUT2D eigenvalue weighted by Crippen LogP contribution is -2.15. The molecular formula is C20H21N3O2S. The highest BCUT2D eigenvalue weighted by Gasteiger charge is 2.09. The van der Waals surface area contributed by atoms with Gasteiger partial charge in [-0.2, -0.15) is 0 Å². The molecule has 0 aliphatic carbocycles. The molecule has 134 valence electrons. The van der Waals surface area contributed by atoms with E-state index < -0.39 is 0 Å². The Labute approximate surface area is 157 Å². The molecule has 0 saturated carbocycles. The Bertz CT molecular complexity index is 858. The molecule has 0 aliphatic rings. The summed E-state index contributed by atoms with van der Waals surface area (Å²) in [5.41, 5.74) is 3.46. The van der Waals surface area contributed by atoms with E-state index in [1.54, 1.807) is 0 Å². The van der Waals surface area contributed by atoms with Gasteiger partial charge in [-0.25, -0.2) is 0 Å². The Morgan fingerprint density at radius 1 is 1.08 bits per heavy atom. The highest BCUT2D eigenvalue weighted by molar-refractivity contribution is 7.15. The molecule has 0 radical (unpaired) electrons. The second kappa shape index (κ2) is 8.58. The summed E-state index contributed by atoms with van der Waals surface area (Å²) in [5.74, 6) is 0.660. The second-order valence-electron chi connectivity index (χ2n) is 6.13. The summed E-state index contributed by atoms with van der Waals surface area (Å²) in [4.78, 5) is 12.1. The number of nitrogens with zero attached hydrogens (tertiary/aromatic N) is 2. The first kappa shape index (κ1) is 18.1. The van der Waals surface area contributed by atoms with E-state index in [0.29, 0.717) is 18.2 Å². The van der Waals surface area contributed by atoms with Crippen LogP contribution in [0.1, 0.15) is 28.1 Å². The van der Waals surface area contributed by atoms with Crippen molar-refractivity contribution in [2.75, 3.05) is 11.9 Å². The number of hydrogen-bond acceptors (Lipinski definition) is 5. The summed E-state index contributed by atoms with van der Waals surface area (Å²) >= 11 is 1.39. The van der Waals surface area contributed by atoms with Crippen molar-refractivity contribution in [2.45, 2.75) is 26.7 Å². The lowest BCUT2D eigenvalue weighted by atomic mass is 10.1. The van der Waals surface area contributed by atoms with Crippen LogP contribution in [0.2, 0.25) is 0 Å². The Balaban J connectivity index is 1.46. The zero-order chi connectivity index (χ0) is 18.4. The van der Waals surface area contributed by atoms with Gasteiger partial charge in [0.05, 0.1) is 13.0 Å². The number of hydrogen-bond donors (Lipinski definition) is 1. The fourth-order valence-corrected chi connectivity index (χ4v) is 3.40. The molecule has 0 bridgehead atoms. The van der Waals surface area contributed by atoms with Crippen molar-refractivity contribution >= 4 is 22.4 Å². The molecule has 6 heteroatoms. The number of amides is 1. The summed E-state index contributed by atoms with van der Waals surface area (Å²) in [6, 6.07) is 16.1. The normalized spacial score (nSPS) is 10.5. The molecule has 3 aromatic rings. The minimum absolute atomic E-state index is 0.128. The van der Waals surface area contributed by atoms with Crippen LogP contribution in [0.5, 0.6) is 5.75 Å². The molecule has 0 aliphatic heterocycles. The van der Waals surface area contributed by atoms with Crippen molar-refractivity contribution in [3.63, 3.8) is 0 Å². The summed E-state index contributed by atoms with van der Waals surface area (Å²) < 4.78 is 5.67. The lowest BCUT2D eigenvalue weighted by molar-refractivity contribution is -0.116. The van der Waals surface area contributed by atoms with Crippen LogP contribution in [0, 0.1) is 13.8 Å². The summed E-state index contributed by atoms with van der Waals surface area (Å²) in [7, 11) is 0. The molecule has 1 heterocycles. The third-order valence-corrected chi connectivity index (χ3v) is 4.54. The number of anilines is 1. The van der Waals surface area contributed by atoms with Crippen molar-refractivity contribution in [1.82, 2.24) is 10.2 Å². The largest absolute Gasteiger partial charge is 0.493 e. The van der Waals surface area contributed by atoms with Gasteiger partial charge in [0.15, 0.2) is 0 Å². The highest BCUT2D eigenvalue weighted by atomic mass is 32.1. The molecular weight excluding hydrogens is 346 g/mol. The Hall–Kier alpha value is -2.73. The van der Waals surface area contributed by atoms with Crippen LogP contribution in [0.3, 0.4) is 0 Å². The molecule has 26 heavy (non-hydrogen) atoms. The third kappa shape index (κ3) is 5.39. The summed E-state index contributed by atoms with van der Waals surface area (Å²) in [6.45, 7) is 4.37. The van der Waals surface area contributed by atoms with Crippen LogP contribution in [0.4, 0.5) is 5.13 Å². The van der Waals surface area contributed by atoms with E-state index in [-0.39, 0.29) is 12.3 Å². The monoisotopic (exact) mass is 367 g/mol. The zero-order valence-corrected chi connectivity index (χ0v) is 15.7. The average Bonchev–Trinajstić information content (AvgIpc) is 3.01. The van der Waals surface area contributed by atoms with E-state index in [1.807, 2.05) is 56.3 Å². The predicted molar refractivity (Wildman–Crippen MR) is 104 cm³/mol. The molecule has 0 saturated heterocycles. The number of nitrogens with one attached hydrogen (secondary N) is 1. The minimum atomic E-state index is -0.128. The summed E-state index contributed by atoms with van der Waals surface area (Å²) in [5, 5.41) is 12.3. The van der Waals surface area contributed by atoms with Crippen LogP contribution in [-0.2, 0) is 11.2 Å². The fraction of sp³-hybridized carbons (Fsp3) is 0.250. The fourth-order valence-electron chi connectivity index (χ4n) is 2.61. The maximum atomic E-state index is 12.1. The SMILES string of the molecule is Cc1cc(C)cc(OCCC(=O)Nc2nnc(Cc3ccccc3)s2)c1. The van der Waals surface area contributed by atoms with E-state index in [2.05, 4.69) is 21.6 Å². The maximum absolute atomic E-state index is 12.1. The number of aromatic nitrogens is 2. The molecule has 2 aromatic carbocycles. The number of carbonyl (C=O) groups excluding carboxylic acids is 1. The molecule has 1 amide bonds. The smallest absolute Gasteiger partial charge is 0.229 e. The Morgan fingerprint density at radius 2 is 1.81 bits per heavy atom. The van der Waals surface area contributed by atoms with Crippen molar-refractivity contribution in [3.8, 4) is 5.75 Å². The molecule has 1 N–H and O–H groups in total. The van der Waals surface area contributed by atoms with Crippen LogP contribution >= 0.6 is 11.3 Å². The van der Waals surface area contributed by atoms with Gasteiger partial charge in [0.2, 0.25) is 11.0 Å². The predicted octanol–water partition coefficient (Wildman–Crippen LogP) is 4.15. The Kier molecular flexibility index (Phi) is 5.96. The number of benzene rings is 2. The van der Waals surface area contributed by atoms with E-state index >= 15 is 0 Å². The van der Waals surface area contributed by atoms with E-state index in [4.69, 9.17) is 4.74 Å². The minimum Gasteiger partial charge on any atom is -0.493 e. The first-order valence-corrected chi connectivity index (χ1v) is 9.27. The number of ether oxygens (including phenoxy) is 1. The van der Waals surface area contributed by atoms with E-state index in [1.165, 1.54) is 16.9 Å². The van der Waals surface area contributed by atoms with Crippen LogP contribution in [0.25, 0.3) is 0 Å². The maximum Gasteiger partial charge on any atom is 0.229 e. The lowest BCUT2D eigenvalue weighted by Gasteiger charge is -2.07. The van der Waals surface area contributed by atoms with Gasteiger partial charge < -0.3 is 10.1 Å². The van der Waals surface area contributed by atoms with Crippen molar-refractivity contribution in [2.24, 2.45) is 0 Å². The van der Waals surface area contributed by atoms with Gasteiger partial charge in [0, 0.05) is 6.42 Å². The van der Waals surface area contributed by atoms with Gasteiger partial charge in [0.25, 0.3) is 0 Å². The number of rotatable bonds is 7. The van der Waals surface area contributed by atoms with Crippen molar-refractivity contribution < 1.29 is 9.53 Å². The topological polar surface area (TPSA) is 64.1 Å². The number of aryl methyl sites for hydroxylation is 2. The molecule has 1 aromatic heterocycles. The van der Waals surface area contributed by atoms with Gasteiger partial charge in [-0.1, -0.05) is 47.7 Å². The quantitative estimate of drug-likeness (QED) is 0.681. The molecule has 0 unspecified atom stereocenters. The van der Waals surface area contributed by atoms with Gasteiger partial charge in [-0.3, -0.25) is 4.79 Å². The first-order valence-electron chi connectivity index (χ1n) is 8.46. The van der Waals surface area contributed by atoms with E-state index in [9.17, 15) is 4.79 Å². The van der Waals surface area contributed by atoms with Crippen LogP contribution in [0.15, 0.2) is 48.5 Å². The molecule has 0 atom stereocenters. The average molecular weight is 367 g/mol. The molecule has 3 rings (SSSR count). The van der Waals surface area contributed by atoms with Crippen LogP contribution < -0.4 is 10.1 Å². The standard InChI is InChI=1S/C20H21N3O2S/c1-14-10-15(2)12-17(11-14)25-9-8-18(24)21-20-23-22-19(26-20)13-16-6-4-3-5-7-16/h3-7,10-12H,8-9,13H2,1-2H3,(H,21,23,24). The first-order chi connectivity index (χ1) is 12.6. The van der Waals surface area contributed by atoms with Crippen molar-refractivity contribution in [1.29, 1.82) is 0 Å². The third-order valence-electron chi connectivity index (χ3n) is 3.70. The van der Waals surface area contributed by atoms with Gasteiger partial charge in [0.1, 0.15) is 10.8 Å². The molecule has 0 fully saturated rings. The zero-order valence-electron chi connectivity index (χ0n) is 14.9. The van der Waals surface area contributed by atoms with Crippen LogP contribution in [-0.4, -0.2) is 22.7 Å². The molecule has 0 spiro atoms. The van der Waals surface area contributed by atoms with E-state index in [0.717, 1.165) is 21.9 Å². The van der Waals surface area contributed by atoms with Gasteiger partial charge in [-0.05, 0) is 42.7 Å². The Morgan fingerprint density at radius 3 is 2.54 bits per heavy atom. The second-order valence-corrected chi connectivity index (χ2v) is 7.20. The summed E-state index contributed by atoms with van der Waals surface area (Å²) in [6.07, 6.45) is 0.977. The number of carbonyl (C=O) groups is 1. The van der Waals surface area contributed by atoms with Gasteiger partial charge in [-0.15, -0.1) is 10.2 Å². The highest BCUT2D eigenvalue weighted by Crippen LogP contribution is 2.19. The molecule has 5 nitrogen and oxygen atoms in total. The van der Waals surface area contributed by atoms with Crippen molar-refractivity contribution in [3.05, 3.63) is 70.2 Å².